The molecule has 0 saturated heterocycles. The van der Waals surface area contributed by atoms with Crippen molar-refractivity contribution in [3.8, 4) is 0 Å². The van der Waals surface area contributed by atoms with Gasteiger partial charge in [-0.15, -0.1) is 0 Å². The third-order valence-corrected chi connectivity index (χ3v) is 3.43. The van der Waals surface area contributed by atoms with Gasteiger partial charge < -0.3 is 15.5 Å². The third kappa shape index (κ3) is 7.31. The lowest BCUT2D eigenvalue weighted by molar-refractivity contribution is 0.0827. The largest absolute Gasteiger partial charge is 0.357 e. The second kappa shape index (κ2) is 11.3. The summed E-state index contributed by atoms with van der Waals surface area (Å²) in [4.78, 5) is 18.1. The third-order valence-electron chi connectivity index (χ3n) is 3.43. The van der Waals surface area contributed by atoms with Gasteiger partial charge in [-0.3, -0.25) is 9.79 Å². The van der Waals surface area contributed by atoms with Crippen LogP contribution >= 0.6 is 0 Å². The summed E-state index contributed by atoms with van der Waals surface area (Å²) in [5, 5.41) is 6.58. The number of rotatable bonds is 8. The predicted molar refractivity (Wildman–Crippen MR) is 102 cm³/mol. The molecule has 0 radical (unpaired) electrons. The van der Waals surface area contributed by atoms with E-state index in [1.165, 1.54) is 0 Å². The molecule has 0 heterocycles. The number of benzene rings is 1. The molecule has 5 nitrogen and oxygen atoms in total. The normalized spacial score (nSPS) is 11.6. The van der Waals surface area contributed by atoms with Crippen LogP contribution in [0.25, 0.3) is 0 Å². The maximum absolute atomic E-state index is 12.0. The Morgan fingerprint density at radius 1 is 1.29 bits per heavy atom. The van der Waals surface area contributed by atoms with Gasteiger partial charge in [-0.05, 0) is 44.4 Å². The van der Waals surface area contributed by atoms with Gasteiger partial charge in [-0.25, -0.2) is 0 Å². The number of guanidine groups is 1. The highest BCUT2D eigenvalue weighted by atomic mass is 16.2. The van der Waals surface area contributed by atoms with E-state index in [9.17, 15) is 4.79 Å². The Morgan fingerprint density at radius 2 is 2.08 bits per heavy atom. The van der Waals surface area contributed by atoms with Crippen LogP contribution < -0.4 is 10.6 Å². The molecule has 2 N–H and O–H groups in total. The molecule has 0 atom stereocenters. The Hall–Kier alpha value is -2.30. The Kier molecular flexibility index (Phi) is 9.27. The van der Waals surface area contributed by atoms with Crippen molar-refractivity contribution >= 4 is 11.9 Å². The van der Waals surface area contributed by atoms with Crippen molar-refractivity contribution in [3.63, 3.8) is 0 Å². The maximum Gasteiger partial charge on any atom is 0.253 e. The average molecular weight is 330 g/mol. The van der Waals surface area contributed by atoms with Crippen molar-refractivity contribution < 1.29 is 4.79 Å². The van der Waals surface area contributed by atoms with Gasteiger partial charge in [0, 0.05) is 39.3 Å². The molecule has 1 aromatic carbocycles. The molecule has 0 aliphatic heterocycles. The van der Waals surface area contributed by atoms with Crippen molar-refractivity contribution in [2.24, 2.45) is 4.99 Å². The molecular weight excluding hydrogens is 300 g/mol. The van der Waals surface area contributed by atoms with Gasteiger partial charge in [0.2, 0.25) is 0 Å². The summed E-state index contributed by atoms with van der Waals surface area (Å²) in [5.74, 6) is 0.867. The number of nitrogens with one attached hydrogen (secondary N) is 2. The van der Waals surface area contributed by atoms with Gasteiger partial charge in [0.25, 0.3) is 5.91 Å². The molecule has 0 fully saturated rings. The van der Waals surface area contributed by atoms with E-state index in [1.807, 2.05) is 37.3 Å². The average Bonchev–Trinajstić information content (AvgIpc) is 2.58. The Morgan fingerprint density at radius 3 is 2.75 bits per heavy atom. The number of carbonyl (C=O) groups excluding carboxylic acids is 1. The van der Waals surface area contributed by atoms with E-state index >= 15 is 0 Å². The zero-order chi connectivity index (χ0) is 17.8. The molecule has 0 unspecified atom stereocenters. The van der Waals surface area contributed by atoms with Gasteiger partial charge in [0.05, 0.1) is 0 Å². The standard InChI is InChI=1S/C19H30N4O/c1-5-7-8-13-21-19(20-6-2)22-14-12-16-10-9-11-17(15-16)18(24)23(3)4/h5,7,9-11,15H,6,8,12-14H2,1-4H3,(H2,20,21,22)/b7-5+. The minimum absolute atomic E-state index is 0.0312. The van der Waals surface area contributed by atoms with Crippen LogP contribution in [-0.4, -0.2) is 50.5 Å². The smallest absolute Gasteiger partial charge is 0.253 e. The van der Waals surface area contributed by atoms with E-state index in [-0.39, 0.29) is 5.91 Å². The molecule has 1 amide bonds. The Labute approximate surface area is 145 Å². The summed E-state index contributed by atoms with van der Waals surface area (Å²) in [6.45, 7) is 6.45. The highest BCUT2D eigenvalue weighted by Gasteiger charge is 2.08. The zero-order valence-electron chi connectivity index (χ0n) is 15.3. The van der Waals surface area contributed by atoms with Gasteiger partial charge in [-0.1, -0.05) is 24.3 Å². The van der Waals surface area contributed by atoms with Crippen molar-refractivity contribution in [2.75, 3.05) is 33.7 Å². The van der Waals surface area contributed by atoms with Crippen molar-refractivity contribution in [2.45, 2.75) is 26.7 Å². The second-order valence-corrected chi connectivity index (χ2v) is 5.70. The lowest BCUT2D eigenvalue weighted by Gasteiger charge is -2.13. The van der Waals surface area contributed by atoms with E-state index in [0.29, 0.717) is 0 Å². The van der Waals surface area contributed by atoms with Gasteiger partial charge in [0.15, 0.2) is 5.96 Å². The predicted octanol–water partition coefficient (Wildman–Crippen LogP) is 2.45. The molecule has 1 rings (SSSR count). The minimum Gasteiger partial charge on any atom is -0.357 e. The quantitative estimate of drug-likeness (QED) is 0.333. The Balaban J connectivity index is 2.55. The van der Waals surface area contributed by atoms with Crippen LogP contribution in [-0.2, 0) is 6.42 Å². The summed E-state index contributed by atoms with van der Waals surface area (Å²) in [5.41, 5.74) is 1.87. The number of aliphatic imine (C=N–C) groups is 1. The van der Waals surface area contributed by atoms with Gasteiger partial charge >= 0.3 is 0 Å². The molecule has 0 aliphatic rings. The fourth-order valence-electron chi connectivity index (χ4n) is 2.20. The van der Waals surface area contributed by atoms with Gasteiger partial charge in [0.1, 0.15) is 0 Å². The molecule has 0 saturated carbocycles. The molecule has 24 heavy (non-hydrogen) atoms. The number of allylic oxidation sites excluding steroid dienone is 1. The molecule has 0 bridgehead atoms. The van der Waals surface area contributed by atoms with Crippen LogP contribution in [0.3, 0.4) is 0 Å². The lowest BCUT2D eigenvalue weighted by Crippen LogP contribution is -2.38. The molecule has 5 heteroatoms. The van der Waals surface area contributed by atoms with E-state index in [2.05, 4.69) is 28.6 Å². The summed E-state index contributed by atoms with van der Waals surface area (Å²) >= 11 is 0. The molecule has 0 spiro atoms. The first-order valence-corrected chi connectivity index (χ1v) is 8.52. The fourth-order valence-corrected chi connectivity index (χ4v) is 2.20. The fraction of sp³-hybridized carbons (Fsp3) is 0.474. The monoisotopic (exact) mass is 330 g/mol. The van der Waals surface area contributed by atoms with Crippen molar-refractivity contribution in [3.05, 3.63) is 47.5 Å². The minimum atomic E-state index is 0.0312. The first kappa shape index (κ1) is 19.7. The first-order valence-electron chi connectivity index (χ1n) is 8.52. The highest BCUT2D eigenvalue weighted by Crippen LogP contribution is 2.07. The van der Waals surface area contributed by atoms with Crippen LogP contribution in [0.5, 0.6) is 0 Å². The van der Waals surface area contributed by atoms with E-state index < -0.39 is 0 Å². The van der Waals surface area contributed by atoms with Crippen molar-refractivity contribution in [1.82, 2.24) is 15.5 Å². The summed E-state index contributed by atoms with van der Waals surface area (Å²) < 4.78 is 0. The first-order chi connectivity index (χ1) is 11.6. The van der Waals surface area contributed by atoms with Crippen molar-refractivity contribution in [1.29, 1.82) is 0 Å². The zero-order valence-corrected chi connectivity index (χ0v) is 15.3. The van der Waals surface area contributed by atoms with Crippen LogP contribution in [0.4, 0.5) is 0 Å². The lowest BCUT2D eigenvalue weighted by atomic mass is 10.1. The van der Waals surface area contributed by atoms with E-state index in [0.717, 1.165) is 49.6 Å². The van der Waals surface area contributed by atoms with E-state index in [4.69, 9.17) is 0 Å². The summed E-state index contributed by atoms with van der Waals surface area (Å²) in [6.07, 6.45) is 5.94. The number of nitrogens with zero attached hydrogens (tertiary/aromatic N) is 2. The van der Waals surface area contributed by atoms with Crippen LogP contribution in [0, 0.1) is 0 Å². The molecular formula is C19H30N4O. The SMILES string of the molecule is C/C=C/CCN=C(NCC)NCCc1cccc(C(=O)N(C)C)c1. The molecule has 0 aromatic heterocycles. The van der Waals surface area contributed by atoms with Crippen LogP contribution in [0.2, 0.25) is 0 Å². The molecule has 1 aromatic rings. The van der Waals surface area contributed by atoms with Crippen LogP contribution in [0.15, 0.2) is 41.4 Å². The molecule has 132 valence electrons. The number of amides is 1. The summed E-state index contributed by atoms with van der Waals surface area (Å²) in [6, 6.07) is 7.79. The summed E-state index contributed by atoms with van der Waals surface area (Å²) in [7, 11) is 3.53. The second-order valence-electron chi connectivity index (χ2n) is 5.70. The Bertz CT molecular complexity index is 564. The number of hydrogen-bond acceptors (Lipinski definition) is 2. The number of hydrogen-bond donors (Lipinski definition) is 2. The number of carbonyl (C=O) groups is 1. The topological polar surface area (TPSA) is 56.7 Å². The van der Waals surface area contributed by atoms with Crippen LogP contribution in [0.1, 0.15) is 36.2 Å². The highest BCUT2D eigenvalue weighted by molar-refractivity contribution is 5.94. The molecule has 0 aliphatic carbocycles. The van der Waals surface area contributed by atoms with Gasteiger partial charge in [-0.2, -0.15) is 0 Å². The maximum atomic E-state index is 12.0. The van der Waals surface area contributed by atoms with E-state index in [1.54, 1.807) is 19.0 Å².